The minimum atomic E-state index is -1.66. The summed E-state index contributed by atoms with van der Waals surface area (Å²) in [6, 6.07) is 24.3. The summed E-state index contributed by atoms with van der Waals surface area (Å²) in [5, 5.41) is 20.6. The molecule has 0 aromatic heterocycles. The Labute approximate surface area is 203 Å². The van der Waals surface area contributed by atoms with E-state index in [0.717, 1.165) is 21.1 Å². The van der Waals surface area contributed by atoms with Gasteiger partial charge in [0.25, 0.3) is 0 Å². The Balaban J connectivity index is 2.26. The van der Waals surface area contributed by atoms with Crippen LogP contribution in [0.25, 0.3) is 0 Å². The standard InChI is InChI=1S/C26H27N3O6/c1-2-3-19-35-26(34)29(22-17-11-6-12-18-22)23(27(24(30)31)20-13-7-4-8-14-20)28(25(32)33)21-15-9-5-10-16-21/h4-18,23H,2-3,19H2,1H3,(H,30,31)(H,32,33). The molecule has 0 radical (unpaired) electrons. The molecular weight excluding hydrogens is 450 g/mol. The van der Waals surface area contributed by atoms with Crippen LogP contribution in [0.4, 0.5) is 31.4 Å². The van der Waals surface area contributed by atoms with Crippen molar-refractivity contribution in [1.29, 1.82) is 0 Å². The minimum Gasteiger partial charge on any atom is -0.465 e. The lowest BCUT2D eigenvalue weighted by Gasteiger charge is -2.42. The first-order valence-electron chi connectivity index (χ1n) is 11.1. The molecule has 182 valence electrons. The number of carbonyl (C=O) groups excluding carboxylic acids is 1. The average Bonchev–Trinajstić information content (AvgIpc) is 2.86. The zero-order chi connectivity index (χ0) is 25.2. The van der Waals surface area contributed by atoms with Crippen LogP contribution in [-0.2, 0) is 4.74 Å². The van der Waals surface area contributed by atoms with Crippen molar-refractivity contribution in [3.05, 3.63) is 91.0 Å². The molecule has 0 bridgehead atoms. The number of amides is 3. The number of carbonyl (C=O) groups is 3. The first kappa shape index (κ1) is 25.1. The van der Waals surface area contributed by atoms with Crippen LogP contribution < -0.4 is 14.7 Å². The van der Waals surface area contributed by atoms with Crippen LogP contribution in [0.5, 0.6) is 0 Å². The maximum atomic E-state index is 13.4. The molecule has 0 spiro atoms. The monoisotopic (exact) mass is 477 g/mol. The Hall–Kier alpha value is -4.53. The third-order valence-electron chi connectivity index (χ3n) is 5.13. The number of para-hydroxylation sites is 3. The smallest absolute Gasteiger partial charge is 0.417 e. The number of carboxylic acid groups (broad SMARTS) is 2. The average molecular weight is 478 g/mol. The number of benzene rings is 3. The van der Waals surface area contributed by atoms with Gasteiger partial charge in [0.15, 0.2) is 0 Å². The topological polar surface area (TPSA) is 111 Å². The van der Waals surface area contributed by atoms with Gasteiger partial charge in [-0.3, -0.25) is 0 Å². The van der Waals surface area contributed by atoms with Crippen LogP contribution in [0.15, 0.2) is 91.0 Å². The Morgan fingerprint density at radius 2 is 1.06 bits per heavy atom. The molecule has 0 fully saturated rings. The molecule has 0 unspecified atom stereocenters. The molecule has 0 aliphatic heterocycles. The summed E-state index contributed by atoms with van der Waals surface area (Å²) in [6.07, 6.45) is -4.07. The van der Waals surface area contributed by atoms with Gasteiger partial charge in [-0.05, 0) is 42.8 Å². The summed E-state index contributed by atoms with van der Waals surface area (Å²) < 4.78 is 5.46. The molecule has 0 saturated carbocycles. The van der Waals surface area contributed by atoms with E-state index in [9.17, 15) is 24.6 Å². The quantitative estimate of drug-likeness (QED) is 0.285. The minimum absolute atomic E-state index is 0.0994. The van der Waals surface area contributed by atoms with Gasteiger partial charge >= 0.3 is 18.3 Å². The maximum absolute atomic E-state index is 13.4. The summed E-state index contributed by atoms with van der Waals surface area (Å²) in [4.78, 5) is 41.4. The number of hydrogen-bond donors (Lipinski definition) is 2. The van der Waals surface area contributed by atoms with Gasteiger partial charge in [0.05, 0.1) is 23.7 Å². The molecule has 9 heteroatoms. The number of hydrogen-bond acceptors (Lipinski definition) is 4. The number of ether oxygens (including phenoxy) is 1. The van der Waals surface area contributed by atoms with Crippen LogP contribution in [0, 0.1) is 0 Å². The second kappa shape index (κ2) is 12.1. The largest absolute Gasteiger partial charge is 0.465 e. The van der Waals surface area contributed by atoms with E-state index in [4.69, 9.17) is 4.74 Å². The highest BCUT2D eigenvalue weighted by atomic mass is 16.6. The van der Waals surface area contributed by atoms with Crippen molar-refractivity contribution in [3.8, 4) is 0 Å². The van der Waals surface area contributed by atoms with Crippen molar-refractivity contribution in [1.82, 2.24) is 0 Å². The predicted molar refractivity (Wildman–Crippen MR) is 133 cm³/mol. The van der Waals surface area contributed by atoms with Crippen molar-refractivity contribution in [2.24, 2.45) is 0 Å². The fourth-order valence-corrected chi connectivity index (χ4v) is 3.50. The molecule has 0 saturated heterocycles. The van der Waals surface area contributed by atoms with Crippen LogP contribution in [-0.4, -0.2) is 41.4 Å². The number of rotatable bonds is 9. The zero-order valence-corrected chi connectivity index (χ0v) is 19.2. The van der Waals surface area contributed by atoms with E-state index >= 15 is 0 Å². The summed E-state index contributed by atoms with van der Waals surface area (Å²) >= 11 is 0. The second-order valence-corrected chi connectivity index (χ2v) is 7.50. The molecule has 3 rings (SSSR count). The van der Waals surface area contributed by atoms with Crippen LogP contribution >= 0.6 is 0 Å². The maximum Gasteiger partial charge on any atom is 0.417 e. The number of anilines is 3. The van der Waals surface area contributed by atoms with Gasteiger partial charge < -0.3 is 14.9 Å². The molecule has 3 aromatic rings. The van der Waals surface area contributed by atoms with Gasteiger partial charge in [-0.15, -0.1) is 0 Å². The third kappa shape index (κ3) is 6.08. The molecule has 35 heavy (non-hydrogen) atoms. The van der Waals surface area contributed by atoms with E-state index in [-0.39, 0.29) is 23.7 Å². The lowest BCUT2D eigenvalue weighted by molar-refractivity contribution is 0.147. The van der Waals surface area contributed by atoms with E-state index in [0.29, 0.717) is 6.42 Å². The van der Waals surface area contributed by atoms with Crippen molar-refractivity contribution < 1.29 is 29.3 Å². The lowest BCUT2D eigenvalue weighted by atomic mass is 10.2. The van der Waals surface area contributed by atoms with Crippen molar-refractivity contribution in [2.75, 3.05) is 21.3 Å². The Bertz CT molecular complexity index is 1050. The van der Waals surface area contributed by atoms with E-state index in [2.05, 4.69) is 0 Å². The molecule has 2 N–H and O–H groups in total. The number of unbranched alkanes of at least 4 members (excludes halogenated alkanes) is 1. The molecule has 3 aromatic carbocycles. The summed E-state index contributed by atoms with van der Waals surface area (Å²) in [5.41, 5.74) is 0.618. The highest BCUT2D eigenvalue weighted by Crippen LogP contribution is 2.30. The first-order chi connectivity index (χ1) is 17.0. The summed E-state index contributed by atoms with van der Waals surface area (Å²) in [5.74, 6) is 0. The fourth-order valence-electron chi connectivity index (χ4n) is 3.50. The van der Waals surface area contributed by atoms with Crippen molar-refractivity contribution >= 4 is 35.3 Å². The lowest BCUT2D eigenvalue weighted by Crippen LogP contribution is -2.64. The van der Waals surface area contributed by atoms with Gasteiger partial charge in [0.1, 0.15) is 0 Å². The molecular formula is C26H27N3O6. The SMILES string of the molecule is CCCCOC(=O)N(c1ccccc1)C(N(C(=O)O)c1ccccc1)N(C(=O)O)c1ccccc1. The van der Waals surface area contributed by atoms with Gasteiger partial charge in [0.2, 0.25) is 6.29 Å². The van der Waals surface area contributed by atoms with Crippen molar-refractivity contribution in [3.63, 3.8) is 0 Å². The molecule has 0 heterocycles. The fraction of sp³-hybridized carbons (Fsp3) is 0.192. The highest BCUT2D eigenvalue weighted by molar-refractivity contribution is 5.99. The van der Waals surface area contributed by atoms with Gasteiger partial charge in [0, 0.05) is 0 Å². The Morgan fingerprint density at radius 3 is 1.40 bits per heavy atom. The molecule has 9 nitrogen and oxygen atoms in total. The van der Waals surface area contributed by atoms with E-state index < -0.39 is 24.6 Å². The Morgan fingerprint density at radius 1 is 0.686 bits per heavy atom. The van der Waals surface area contributed by atoms with Crippen LogP contribution in [0.2, 0.25) is 0 Å². The molecule has 0 aliphatic rings. The zero-order valence-electron chi connectivity index (χ0n) is 19.2. The second-order valence-electron chi connectivity index (χ2n) is 7.50. The van der Waals surface area contributed by atoms with E-state index in [1.165, 1.54) is 24.3 Å². The summed E-state index contributed by atoms with van der Waals surface area (Å²) in [6.45, 7) is 2.04. The molecule has 0 atom stereocenters. The van der Waals surface area contributed by atoms with Crippen molar-refractivity contribution in [2.45, 2.75) is 26.1 Å². The molecule has 3 amide bonds. The van der Waals surface area contributed by atoms with Gasteiger partial charge in [-0.2, -0.15) is 0 Å². The van der Waals surface area contributed by atoms with Crippen LogP contribution in [0.1, 0.15) is 19.8 Å². The van der Waals surface area contributed by atoms with Gasteiger partial charge in [-0.25, -0.2) is 29.1 Å². The highest BCUT2D eigenvalue weighted by Gasteiger charge is 2.42. The van der Waals surface area contributed by atoms with E-state index in [1.807, 2.05) is 6.92 Å². The number of nitrogens with zero attached hydrogens (tertiary/aromatic N) is 3. The summed E-state index contributed by atoms with van der Waals surface area (Å²) in [7, 11) is 0. The predicted octanol–water partition coefficient (Wildman–Crippen LogP) is 6.08. The molecule has 0 aliphatic carbocycles. The Kier molecular flexibility index (Phi) is 8.66. The normalized spacial score (nSPS) is 10.5. The first-order valence-corrected chi connectivity index (χ1v) is 11.1. The van der Waals surface area contributed by atoms with E-state index in [1.54, 1.807) is 66.7 Å². The third-order valence-corrected chi connectivity index (χ3v) is 5.13. The van der Waals surface area contributed by atoms with Crippen LogP contribution in [0.3, 0.4) is 0 Å². The van der Waals surface area contributed by atoms with Gasteiger partial charge in [-0.1, -0.05) is 67.9 Å².